The van der Waals surface area contributed by atoms with Gasteiger partial charge in [0.05, 0.1) is 23.9 Å². The Labute approximate surface area is 165 Å². The summed E-state index contributed by atoms with van der Waals surface area (Å²) < 4.78 is 37.2. The Bertz CT molecular complexity index is 953. The number of esters is 1. The first-order chi connectivity index (χ1) is 13.3. The lowest BCUT2D eigenvalue weighted by Gasteiger charge is -2.14. The minimum atomic E-state index is -3.79. The van der Waals surface area contributed by atoms with Crippen molar-refractivity contribution in [3.05, 3.63) is 59.7 Å². The summed E-state index contributed by atoms with van der Waals surface area (Å²) in [5.41, 5.74) is 6.36. The number of hydrogen-bond donors (Lipinski definition) is 1. The Morgan fingerprint density at radius 2 is 1.71 bits per heavy atom. The topological polar surface area (TPSA) is 95.7 Å². The van der Waals surface area contributed by atoms with Crippen LogP contribution in [0.15, 0.2) is 53.4 Å². The summed E-state index contributed by atoms with van der Waals surface area (Å²) in [6.45, 7) is 3.62. The van der Waals surface area contributed by atoms with Gasteiger partial charge >= 0.3 is 5.97 Å². The maximum atomic E-state index is 13.4. The molecule has 28 heavy (non-hydrogen) atoms. The Morgan fingerprint density at radius 1 is 1.11 bits per heavy atom. The number of benzene rings is 2. The van der Waals surface area contributed by atoms with Crippen LogP contribution in [0.25, 0.3) is 0 Å². The molecule has 0 aromatic heterocycles. The highest BCUT2D eigenvalue weighted by Crippen LogP contribution is 2.64. The average molecular weight is 404 g/mol. The SMILES string of the molecule is CCOC(=O)[C@]1(CN)[C@H](c2ccc(OC)cc2)[C@H]1S(=O)(=O)c1ccc(C)cc1. The highest BCUT2D eigenvalue weighted by atomic mass is 32.2. The molecule has 3 rings (SSSR count). The number of nitrogens with two attached hydrogens (primary N) is 1. The summed E-state index contributed by atoms with van der Waals surface area (Å²) >= 11 is 0. The molecule has 0 bridgehead atoms. The number of carbonyl (C=O) groups excluding carboxylic acids is 1. The summed E-state index contributed by atoms with van der Waals surface area (Å²) in [7, 11) is -2.24. The summed E-state index contributed by atoms with van der Waals surface area (Å²) in [6, 6.07) is 13.7. The molecule has 6 nitrogen and oxygen atoms in total. The first kappa shape index (κ1) is 20.4. The monoisotopic (exact) mass is 403 g/mol. The summed E-state index contributed by atoms with van der Waals surface area (Å²) in [5.74, 6) is -0.496. The van der Waals surface area contributed by atoms with E-state index in [9.17, 15) is 13.2 Å². The standard InChI is InChI=1S/C21H25NO5S/c1-4-27-20(23)21(13-22)18(15-7-9-16(26-3)10-8-15)19(21)28(24,25)17-11-5-14(2)6-12-17/h5-12,18-19H,4,13,22H2,1-3H3/t18-,19-,21-/m1/s1. The van der Waals surface area contributed by atoms with Gasteiger partial charge in [0.1, 0.15) is 11.2 Å². The van der Waals surface area contributed by atoms with E-state index >= 15 is 0 Å². The largest absolute Gasteiger partial charge is 0.497 e. The van der Waals surface area contributed by atoms with Gasteiger partial charge in [0.25, 0.3) is 0 Å². The van der Waals surface area contributed by atoms with Gasteiger partial charge in [-0.05, 0) is 43.7 Å². The van der Waals surface area contributed by atoms with Gasteiger partial charge < -0.3 is 15.2 Å². The van der Waals surface area contributed by atoms with Crippen molar-refractivity contribution < 1.29 is 22.7 Å². The number of hydrogen-bond acceptors (Lipinski definition) is 6. The Hall–Kier alpha value is -2.38. The van der Waals surface area contributed by atoms with E-state index in [1.54, 1.807) is 62.6 Å². The second-order valence-corrected chi connectivity index (χ2v) is 9.06. The zero-order chi connectivity index (χ0) is 20.5. The Balaban J connectivity index is 2.09. The molecule has 3 atom stereocenters. The predicted octanol–water partition coefficient (Wildman–Crippen LogP) is 2.45. The van der Waals surface area contributed by atoms with Gasteiger partial charge in [-0.2, -0.15) is 0 Å². The summed E-state index contributed by atoms with van der Waals surface area (Å²) in [4.78, 5) is 13.0. The molecule has 0 unspecified atom stereocenters. The fourth-order valence-electron chi connectivity index (χ4n) is 3.85. The van der Waals surface area contributed by atoms with E-state index in [0.29, 0.717) is 5.75 Å². The van der Waals surface area contributed by atoms with Gasteiger partial charge in [0.15, 0.2) is 9.84 Å². The predicted molar refractivity (Wildman–Crippen MR) is 106 cm³/mol. The van der Waals surface area contributed by atoms with Crippen LogP contribution < -0.4 is 10.5 Å². The van der Waals surface area contributed by atoms with E-state index < -0.39 is 32.4 Å². The second kappa shape index (κ2) is 7.56. The van der Waals surface area contributed by atoms with Gasteiger partial charge in [-0.25, -0.2) is 8.42 Å². The van der Waals surface area contributed by atoms with Crippen molar-refractivity contribution in [2.75, 3.05) is 20.3 Å². The molecule has 2 aromatic rings. The third kappa shape index (κ3) is 3.18. The highest BCUT2D eigenvalue weighted by molar-refractivity contribution is 7.92. The fraction of sp³-hybridized carbons (Fsp3) is 0.381. The van der Waals surface area contributed by atoms with Gasteiger partial charge in [0.2, 0.25) is 0 Å². The zero-order valence-corrected chi connectivity index (χ0v) is 17.0. The first-order valence-electron chi connectivity index (χ1n) is 9.14. The van der Waals surface area contributed by atoms with E-state index in [4.69, 9.17) is 15.2 Å². The average Bonchev–Trinajstić information content (AvgIpc) is 3.40. The molecule has 2 N–H and O–H groups in total. The third-order valence-corrected chi connectivity index (χ3v) is 7.70. The summed E-state index contributed by atoms with van der Waals surface area (Å²) in [6.07, 6.45) is 0. The van der Waals surface area contributed by atoms with Gasteiger partial charge in [-0.15, -0.1) is 0 Å². The third-order valence-electron chi connectivity index (χ3n) is 5.41. The number of methoxy groups -OCH3 is 1. The van der Waals surface area contributed by atoms with Crippen LogP contribution >= 0.6 is 0 Å². The molecule has 0 radical (unpaired) electrons. The van der Waals surface area contributed by atoms with Crippen molar-refractivity contribution in [3.63, 3.8) is 0 Å². The van der Waals surface area contributed by atoms with Crippen LogP contribution in [0.5, 0.6) is 5.75 Å². The molecule has 0 spiro atoms. The maximum absolute atomic E-state index is 13.4. The van der Waals surface area contributed by atoms with Crippen LogP contribution in [0.3, 0.4) is 0 Å². The van der Waals surface area contributed by atoms with Crippen molar-refractivity contribution in [1.29, 1.82) is 0 Å². The fourth-order valence-corrected chi connectivity index (χ4v) is 6.23. The Morgan fingerprint density at radius 3 is 2.21 bits per heavy atom. The molecule has 1 aliphatic rings. The maximum Gasteiger partial charge on any atom is 0.315 e. The molecule has 0 heterocycles. The number of rotatable bonds is 7. The van der Waals surface area contributed by atoms with Crippen LogP contribution in [-0.4, -0.2) is 39.9 Å². The smallest absolute Gasteiger partial charge is 0.315 e. The Kier molecular flexibility index (Phi) is 5.50. The second-order valence-electron chi connectivity index (χ2n) is 6.99. The van der Waals surface area contributed by atoms with Crippen LogP contribution in [0, 0.1) is 12.3 Å². The van der Waals surface area contributed by atoms with E-state index in [0.717, 1.165) is 11.1 Å². The molecule has 0 saturated heterocycles. The molecule has 1 fully saturated rings. The normalized spacial score (nSPS) is 23.9. The minimum Gasteiger partial charge on any atom is -0.497 e. The van der Waals surface area contributed by atoms with E-state index in [1.807, 2.05) is 6.92 Å². The number of sulfone groups is 1. The van der Waals surface area contributed by atoms with Crippen molar-refractivity contribution in [3.8, 4) is 5.75 Å². The minimum absolute atomic E-state index is 0.113. The molecule has 0 aliphatic heterocycles. The molecule has 2 aromatic carbocycles. The van der Waals surface area contributed by atoms with Gasteiger partial charge in [-0.3, -0.25) is 4.79 Å². The lowest BCUT2D eigenvalue weighted by Crippen LogP contribution is -2.33. The van der Waals surface area contributed by atoms with Crippen molar-refractivity contribution in [2.45, 2.75) is 29.9 Å². The van der Waals surface area contributed by atoms with E-state index in [2.05, 4.69) is 0 Å². The van der Waals surface area contributed by atoms with Crippen LogP contribution in [-0.2, 0) is 19.4 Å². The van der Waals surface area contributed by atoms with Crippen LogP contribution in [0.4, 0.5) is 0 Å². The van der Waals surface area contributed by atoms with Crippen molar-refractivity contribution >= 4 is 15.8 Å². The van der Waals surface area contributed by atoms with Gasteiger partial charge in [-0.1, -0.05) is 29.8 Å². The molecular weight excluding hydrogens is 378 g/mol. The quantitative estimate of drug-likeness (QED) is 0.714. The van der Waals surface area contributed by atoms with Crippen molar-refractivity contribution in [1.82, 2.24) is 0 Å². The van der Waals surface area contributed by atoms with E-state index in [1.165, 1.54) is 0 Å². The van der Waals surface area contributed by atoms with Crippen LogP contribution in [0.1, 0.15) is 24.0 Å². The zero-order valence-electron chi connectivity index (χ0n) is 16.2. The summed E-state index contributed by atoms with van der Waals surface area (Å²) in [5, 5.41) is -0.972. The first-order valence-corrected chi connectivity index (χ1v) is 10.7. The number of ether oxygens (including phenoxy) is 2. The van der Waals surface area contributed by atoms with Gasteiger partial charge in [0, 0.05) is 12.5 Å². The lowest BCUT2D eigenvalue weighted by molar-refractivity contribution is -0.149. The molecule has 1 aliphatic carbocycles. The molecule has 1 saturated carbocycles. The number of carbonyl (C=O) groups is 1. The van der Waals surface area contributed by atoms with Crippen molar-refractivity contribution in [2.24, 2.45) is 11.1 Å². The molecule has 7 heteroatoms. The lowest BCUT2D eigenvalue weighted by atomic mass is 9.99. The highest BCUT2D eigenvalue weighted by Gasteiger charge is 2.75. The molecule has 0 amide bonds. The van der Waals surface area contributed by atoms with E-state index in [-0.39, 0.29) is 18.0 Å². The number of aryl methyl sites for hydroxylation is 1. The van der Waals surface area contributed by atoms with Crippen LogP contribution in [0.2, 0.25) is 0 Å². The molecule has 150 valence electrons. The molecular formula is C21H25NO5S.